The molecule has 23 heteroatoms. The Morgan fingerprint density at radius 3 is 0.675 bits per heavy atom. The first-order valence-electron chi connectivity index (χ1n) is 48.3. The van der Waals surface area contributed by atoms with Gasteiger partial charge in [0.1, 0.15) is 3.70 Å². The molecule has 1 heterocycles. The Balaban J connectivity index is 2.04. The Labute approximate surface area is 728 Å². The summed E-state index contributed by atoms with van der Waals surface area (Å²) in [7, 11) is -4.21. The highest BCUT2D eigenvalue weighted by Crippen LogP contribution is 2.41. The summed E-state index contributed by atoms with van der Waals surface area (Å²) in [4.78, 5) is 4.86. The lowest BCUT2D eigenvalue weighted by atomic mass is 9.98. The molecule has 0 aliphatic rings. The zero-order valence-corrected chi connectivity index (χ0v) is 77.8. The Morgan fingerprint density at radius 2 is 0.462 bits per heavy atom. The number of aryl methyl sites for hydroxylation is 1. The van der Waals surface area contributed by atoms with Crippen molar-refractivity contribution in [3.05, 3.63) is 29.3 Å². The lowest BCUT2D eigenvalue weighted by molar-refractivity contribution is 0.0174. The van der Waals surface area contributed by atoms with E-state index >= 15 is 0 Å². The van der Waals surface area contributed by atoms with Crippen molar-refractivity contribution in [1.82, 2.24) is 4.98 Å². The van der Waals surface area contributed by atoms with Crippen molar-refractivity contribution in [1.29, 1.82) is 0 Å². The van der Waals surface area contributed by atoms with Gasteiger partial charge in [-0.15, -0.1) is 11.3 Å². The van der Waals surface area contributed by atoms with Crippen LogP contribution in [0.3, 0.4) is 0 Å². The Morgan fingerprint density at radius 1 is 0.274 bits per heavy atom. The van der Waals surface area contributed by atoms with E-state index in [-0.39, 0.29) is 84.0 Å². The minimum Gasteiger partial charge on any atom is -0.393 e. The van der Waals surface area contributed by atoms with Crippen LogP contribution in [0.1, 0.15) is 437 Å². The molecule has 0 bridgehead atoms. The van der Waals surface area contributed by atoms with Crippen LogP contribution in [0.15, 0.2) is 24.3 Å². The summed E-state index contributed by atoms with van der Waals surface area (Å²) in [5, 5.41) is 165. The number of hydrogen-bond donors (Lipinski definition) is 17. The molecule has 0 spiro atoms. The van der Waals surface area contributed by atoms with Gasteiger partial charge < -0.3 is 89.9 Å². The van der Waals surface area contributed by atoms with Gasteiger partial charge in [-0.2, -0.15) is 25.3 Å². The molecule has 2 rings (SSSR count). The number of hydrogen-bond acceptors (Lipinski definition) is 22. The van der Waals surface area contributed by atoms with E-state index in [0.29, 0.717) is 122 Å². The van der Waals surface area contributed by atoms with Gasteiger partial charge in [-0.1, -0.05) is 245 Å². The quantitative estimate of drug-likeness (QED) is 0.0127. The van der Waals surface area contributed by atoms with E-state index in [1.165, 1.54) is 173 Å². The maximum absolute atomic E-state index is 11.4. The second kappa shape index (κ2) is 74.4. The summed E-state index contributed by atoms with van der Waals surface area (Å²) in [5.74, 6) is 0. The van der Waals surface area contributed by atoms with Gasteiger partial charge in [0, 0.05) is 26.2 Å². The van der Waals surface area contributed by atoms with E-state index in [4.69, 9.17) is 43.5 Å². The average Bonchev–Trinajstić information content (AvgIpc) is 1.37. The monoisotopic (exact) mass is 1740 g/mol. The van der Waals surface area contributed by atoms with Crippen LogP contribution in [0.2, 0.25) is 0 Å². The Kier molecular flexibility index (Phi) is 71.5. The minimum atomic E-state index is -4.21. The molecule has 1 aromatic heterocycles. The standard InChI is InChI=1S/C94H181NO18S3Si/c1-4-7-10-13-16-19-22-25-28-31-34-39-76(96)44-47-79(99)50-53-82(102)56-59-85(105)62-65-88(108)69-73-111-117(94(114,115)72-68-93-95-91-42-37-38-43-92(91)116-93,112-74-70-89(109)66-63-86(106)60-57-83(103)54-51-80(100)48-45-77(97)40-35-32-29-26-23-20-17-14-11-8-5-2)113-75-71-90(110)67-64-87(107)61-58-84(104)55-52-81(101)49-46-78(98)41-36-33-30-27-24-21-18-15-12-9-6-3/h37-38,42-43,76-90,96-110,114-115H,4-36,39-41,44-75H2,1-3H3. The second-order valence-electron chi connectivity index (χ2n) is 35.6. The first-order chi connectivity index (χ1) is 56.4. The second-order valence-corrected chi connectivity index (χ2v) is 42.2. The molecule has 0 saturated heterocycles. The SMILES string of the molecule is CCCCCCCCCCCCCC(O)CCC(O)CCC(O)CCC(O)CCC(O)CCO[Si](OCCC(O)CCC(O)CCC(O)CCC(O)CCC(O)CCCCCCCCCCCCC)(OCCC(O)CCC(O)CCC(O)CCC(O)CCC(O)CCCCCCCCCCCCC)C(S)(S)CCc1nc2ccccc2s1. The zero-order chi connectivity index (χ0) is 85.8. The molecule has 692 valence electrons. The molecule has 1 aromatic carbocycles. The van der Waals surface area contributed by atoms with Crippen LogP contribution in [0.5, 0.6) is 0 Å². The third-order valence-corrected chi connectivity index (χ3v) is 30.3. The summed E-state index contributed by atoms with van der Waals surface area (Å²) in [6, 6.07) is 7.84. The van der Waals surface area contributed by atoms with E-state index < -0.39 is 104 Å². The van der Waals surface area contributed by atoms with E-state index in [1.807, 2.05) is 24.3 Å². The topological polar surface area (TPSA) is 344 Å². The average molecular weight is 1740 g/mol. The molecule has 0 saturated carbocycles. The highest BCUT2D eigenvalue weighted by atomic mass is 32.2. The lowest BCUT2D eigenvalue weighted by Crippen LogP contribution is -2.61. The van der Waals surface area contributed by atoms with Crippen molar-refractivity contribution >= 4 is 55.6 Å². The van der Waals surface area contributed by atoms with Gasteiger partial charge in [0.15, 0.2) is 0 Å². The largest absolute Gasteiger partial charge is 0.528 e. The fourth-order valence-corrected chi connectivity index (χ4v) is 20.7. The van der Waals surface area contributed by atoms with Gasteiger partial charge in [0.2, 0.25) is 0 Å². The molecule has 2 aromatic rings. The van der Waals surface area contributed by atoms with E-state index in [1.54, 1.807) is 11.3 Å². The number of para-hydroxylation sites is 1. The fraction of sp³-hybridized carbons (Fsp3) is 0.926. The van der Waals surface area contributed by atoms with Crippen LogP contribution >= 0.6 is 36.6 Å². The normalized spacial score (nSPS) is 16.8. The lowest BCUT2D eigenvalue weighted by Gasteiger charge is -2.40. The summed E-state index contributed by atoms with van der Waals surface area (Å²) in [6.45, 7) is 6.51. The van der Waals surface area contributed by atoms with Crippen molar-refractivity contribution in [3.63, 3.8) is 0 Å². The Bertz CT molecular complexity index is 2260. The first kappa shape index (κ1) is 112. The number of fused-ring (bicyclic) bond motifs is 1. The van der Waals surface area contributed by atoms with Crippen LogP contribution in [0, 0.1) is 0 Å². The molecule has 0 aliphatic heterocycles. The number of aliphatic hydroxyl groups is 15. The van der Waals surface area contributed by atoms with Crippen molar-refractivity contribution < 1.29 is 89.9 Å². The number of unbranched alkanes of at least 4 members (excludes halogenated alkanes) is 30. The summed E-state index contributed by atoms with van der Waals surface area (Å²) < 4.78 is 19.9. The molecule has 117 heavy (non-hydrogen) atoms. The van der Waals surface area contributed by atoms with Crippen LogP contribution in [0.4, 0.5) is 0 Å². The van der Waals surface area contributed by atoms with Crippen molar-refractivity contribution in [2.24, 2.45) is 0 Å². The molecule has 19 nitrogen and oxygen atoms in total. The van der Waals surface area contributed by atoms with Gasteiger partial charge in [-0.25, -0.2) is 4.98 Å². The van der Waals surface area contributed by atoms with Gasteiger partial charge >= 0.3 is 8.80 Å². The maximum Gasteiger partial charge on any atom is 0.528 e. The number of benzene rings is 1. The number of thiol groups is 2. The molecule has 15 unspecified atom stereocenters. The molecule has 0 amide bonds. The highest BCUT2D eigenvalue weighted by molar-refractivity contribution is 8.03. The highest BCUT2D eigenvalue weighted by Gasteiger charge is 2.58. The molecule has 0 fully saturated rings. The number of thiazole rings is 1. The predicted octanol–water partition coefficient (Wildman–Crippen LogP) is 19.4. The summed E-state index contributed by atoms with van der Waals surface area (Å²) in [6.07, 6.45) is 42.2. The van der Waals surface area contributed by atoms with Crippen molar-refractivity contribution in [3.8, 4) is 0 Å². The van der Waals surface area contributed by atoms with Crippen LogP contribution in [-0.4, -0.2) is 205 Å². The third kappa shape index (κ3) is 63.0. The van der Waals surface area contributed by atoms with Gasteiger partial charge in [-0.3, -0.25) is 0 Å². The smallest absolute Gasteiger partial charge is 0.393 e. The van der Waals surface area contributed by atoms with E-state index in [9.17, 15) is 76.6 Å². The summed E-state index contributed by atoms with van der Waals surface area (Å²) in [5.41, 5.74) is 0.850. The molecule has 0 radical (unpaired) electrons. The number of aliphatic hydroxyl groups excluding tert-OH is 15. The van der Waals surface area contributed by atoms with Crippen molar-refractivity contribution in [2.45, 2.75) is 533 Å². The number of nitrogens with zero attached hydrogens (tertiary/aromatic N) is 1. The van der Waals surface area contributed by atoms with Crippen LogP contribution < -0.4 is 0 Å². The van der Waals surface area contributed by atoms with Gasteiger partial charge in [-0.05, 0) is 211 Å². The zero-order valence-electron chi connectivity index (χ0n) is 74.2. The molecule has 0 aliphatic carbocycles. The van der Waals surface area contributed by atoms with Crippen LogP contribution in [0.25, 0.3) is 10.2 Å². The van der Waals surface area contributed by atoms with Gasteiger partial charge in [0.25, 0.3) is 0 Å². The molecule has 15 N–H and O–H groups in total. The number of rotatable bonds is 88. The summed E-state index contributed by atoms with van der Waals surface area (Å²) >= 11 is 11.9. The molecular formula is C94H181NO18S3Si. The van der Waals surface area contributed by atoms with E-state index in [0.717, 1.165) is 73.0 Å². The van der Waals surface area contributed by atoms with Gasteiger partial charge in [0.05, 0.1) is 107 Å². The molecule has 15 atom stereocenters. The van der Waals surface area contributed by atoms with Crippen LogP contribution in [-0.2, 0) is 19.7 Å². The molecular weight excluding hydrogens is 1560 g/mol. The first-order valence-corrected chi connectivity index (χ1v) is 51.7. The predicted molar refractivity (Wildman–Crippen MR) is 490 cm³/mol. The Hall–Kier alpha value is -0.693. The third-order valence-electron chi connectivity index (χ3n) is 24.2. The fourth-order valence-electron chi connectivity index (χ4n) is 15.8. The van der Waals surface area contributed by atoms with E-state index in [2.05, 4.69) is 20.8 Å². The van der Waals surface area contributed by atoms with Crippen molar-refractivity contribution in [2.75, 3.05) is 19.8 Å². The minimum absolute atomic E-state index is 0.0741. The number of aromatic nitrogens is 1. The maximum atomic E-state index is 11.4.